The predicted molar refractivity (Wildman–Crippen MR) is 76.0 cm³/mol. The van der Waals surface area contributed by atoms with Gasteiger partial charge in [-0.2, -0.15) is 0 Å². The maximum absolute atomic E-state index is 12.2. The molecule has 0 aliphatic carbocycles. The van der Waals surface area contributed by atoms with Crippen molar-refractivity contribution in [2.24, 2.45) is 11.0 Å². The quantitative estimate of drug-likeness (QED) is 0.450. The van der Waals surface area contributed by atoms with Crippen LogP contribution in [0, 0.1) is 5.92 Å². The van der Waals surface area contributed by atoms with Crippen molar-refractivity contribution in [1.29, 1.82) is 0 Å². The van der Waals surface area contributed by atoms with Crippen molar-refractivity contribution in [3.05, 3.63) is 10.4 Å². The molecule has 0 spiro atoms. The lowest BCUT2D eigenvalue weighted by molar-refractivity contribution is -0.131. The third-order valence-electron chi connectivity index (χ3n) is 5.40. The van der Waals surface area contributed by atoms with Crippen molar-refractivity contribution in [2.45, 2.75) is 56.7 Å². The molecule has 6 heteroatoms. The molecule has 0 aromatic heterocycles. The van der Waals surface area contributed by atoms with Gasteiger partial charge in [-0.1, -0.05) is 11.5 Å². The van der Waals surface area contributed by atoms with E-state index in [4.69, 9.17) is 5.53 Å². The zero-order valence-electron chi connectivity index (χ0n) is 12.1. The summed E-state index contributed by atoms with van der Waals surface area (Å²) in [6, 6.07) is 1.71. The number of carbonyl (C=O) groups excluding carboxylic acids is 1. The first-order chi connectivity index (χ1) is 9.69. The first kappa shape index (κ1) is 13.7. The average molecular weight is 277 g/mol. The van der Waals surface area contributed by atoms with Crippen molar-refractivity contribution >= 4 is 5.91 Å². The Balaban J connectivity index is 1.65. The summed E-state index contributed by atoms with van der Waals surface area (Å²) in [6.45, 7) is 1.24. The van der Waals surface area contributed by atoms with Crippen molar-refractivity contribution in [2.75, 3.05) is 20.1 Å². The SMILES string of the molecule is CN1[C@@H]2CCC[C@H]1CC(N1CC(CN=[N+]=[N-])CC1=O)C2. The first-order valence-electron chi connectivity index (χ1n) is 7.71. The molecule has 0 saturated carbocycles. The van der Waals surface area contributed by atoms with Crippen LogP contribution in [-0.4, -0.2) is 54.0 Å². The Morgan fingerprint density at radius 3 is 2.65 bits per heavy atom. The Morgan fingerprint density at radius 2 is 2.00 bits per heavy atom. The topological polar surface area (TPSA) is 72.3 Å². The van der Waals surface area contributed by atoms with Gasteiger partial charge in [0.15, 0.2) is 0 Å². The molecule has 6 nitrogen and oxygen atoms in total. The number of hydrogen-bond donors (Lipinski definition) is 0. The zero-order chi connectivity index (χ0) is 14.1. The fourth-order valence-corrected chi connectivity index (χ4v) is 4.28. The van der Waals surface area contributed by atoms with E-state index < -0.39 is 0 Å². The molecule has 1 amide bonds. The normalized spacial score (nSPS) is 37.9. The maximum atomic E-state index is 12.2. The largest absolute Gasteiger partial charge is 0.339 e. The second-order valence-electron chi connectivity index (χ2n) is 6.56. The number of nitrogens with zero attached hydrogens (tertiary/aromatic N) is 5. The third kappa shape index (κ3) is 2.50. The number of likely N-dealkylation sites (tertiary alicyclic amines) is 1. The Hall–Kier alpha value is -1.26. The molecule has 3 rings (SSSR count). The number of amides is 1. The Morgan fingerprint density at radius 1 is 1.30 bits per heavy atom. The molecule has 4 atom stereocenters. The van der Waals surface area contributed by atoms with E-state index in [2.05, 4.69) is 26.9 Å². The van der Waals surface area contributed by atoms with Gasteiger partial charge in [0.05, 0.1) is 0 Å². The summed E-state index contributed by atoms with van der Waals surface area (Å²) in [6.07, 6.45) is 6.67. The highest BCUT2D eigenvalue weighted by Crippen LogP contribution is 2.36. The van der Waals surface area contributed by atoms with Gasteiger partial charge >= 0.3 is 0 Å². The van der Waals surface area contributed by atoms with Gasteiger partial charge in [-0.15, -0.1) is 0 Å². The average Bonchev–Trinajstić information content (AvgIpc) is 2.77. The van der Waals surface area contributed by atoms with Gasteiger partial charge in [-0.25, -0.2) is 0 Å². The minimum atomic E-state index is 0.220. The van der Waals surface area contributed by atoms with Gasteiger partial charge in [-0.05, 0) is 44.2 Å². The van der Waals surface area contributed by atoms with Crippen molar-refractivity contribution in [3.8, 4) is 0 Å². The Kier molecular flexibility index (Phi) is 3.85. The van der Waals surface area contributed by atoms with Crippen molar-refractivity contribution < 1.29 is 4.79 Å². The predicted octanol–water partition coefficient (Wildman–Crippen LogP) is 2.16. The summed E-state index contributed by atoms with van der Waals surface area (Å²) in [5, 5.41) is 3.63. The summed E-state index contributed by atoms with van der Waals surface area (Å²) in [5.74, 6) is 0.480. The van der Waals surface area contributed by atoms with Gasteiger partial charge in [0.25, 0.3) is 0 Å². The van der Waals surface area contributed by atoms with Gasteiger partial charge in [0, 0.05) is 42.5 Å². The molecule has 2 unspecified atom stereocenters. The number of fused-ring (bicyclic) bond motifs is 2. The molecule has 3 aliphatic heterocycles. The molecule has 20 heavy (non-hydrogen) atoms. The van der Waals surface area contributed by atoms with E-state index in [-0.39, 0.29) is 11.8 Å². The smallest absolute Gasteiger partial charge is 0.223 e. The third-order valence-corrected chi connectivity index (χ3v) is 5.40. The van der Waals surface area contributed by atoms with Crippen LogP contribution in [0.2, 0.25) is 0 Å². The number of piperidine rings is 2. The molecular weight excluding hydrogens is 254 g/mol. The van der Waals surface area contributed by atoms with E-state index in [0.29, 0.717) is 31.1 Å². The van der Waals surface area contributed by atoms with Crippen LogP contribution >= 0.6 is 0 Å². The summed E-state index contributed by atoms with van der Waals surface area (Å²) >= 11 is 0. The van der Waals surface area contributed by atoms with E-state index >= 15 is 0 Å². The van der Waals surface area contributed by atoms with Crippen LogP contribution in [-0.2, 0) is 4.79 Å². The highest BCUT2D eigenvalue weighted by atomic mass is 16.2. The molecule has 0 radical (unpaired) electrons. The lowest BCUT2D eigenvalue weighted by Gasteiger charge is -2.49. The van der Waals surface area contributed by atoms with Gasteiger partial charge < -0.3 is 9.80 Å². The monoisotopic (exact) mass is 277 g/mol. The van der Waals surface area contributed by atoms with E-state index in [9.17, 15) is 4.79 Å². The highest BCUT2D eigenvalue weighted by molar-refractivity contribution is 5.79. The molecular formula is C14H23N5O. The maximum Gasteiger partial charge on any atom is 0.223 e. The lowest BCUT2D eigenvalue weighted by Crippen LogP contribution is -2.55. The molecule has 110 valence electrons. The number of carbonyl (C=O) groups is 1. The lowest BCUT2D eigenvalue weighted by atomic mass is 9.82. The van der Waals surface area contributed by atoms with E-state index in [1.807, 2.05) is 0 Å². The van der Waals surface area contributed by atoms with E-state index in [1.54, 1.807) is 0 Å². The van der Waals surface area contributed by atoms with Crippen molar-refractivity contribution in [3.63, 3.8) is 0 Å². The molecule has 3 fully saturated rings. The number of hydrogen-bond acceptors (Lipinski definition) is 3. The van der Waals surface area contributed by atoms with E-state index in [1.165, 1.54) is 19.3 Å². The summed E-state index contributed by atoms with van der Waals surface area (Å²) in [5.41, 5.74) is 8.40. The molecule has 3 aliphatic rings. The Labute approximate surface area is 119 Å². The van der Waals surface area contributed by atoms with Crippen LogP contribution in [0.1, 0.15) is 38.5 Å². The molecule has 3 heterocycles. The molecule has 3 saturated heterocycles. The van der Waals surface area contributed by atoms with Crippen LogP contribution in [0.5, 0.6) is 0 Å². The highest BCUT2D eigenvalue weighted by Gasteiger charge is 2.42. The summed E-state index contributed by atoms with van der Waals surface area (Å²) in [4.78, 5) is 19.6. The van der Waals surface area contributed by atoms with Crippen LogP contribution < -0.4 is 0 Å². The number of azide groups is 1. The van der Waals surface area contributed by atoms with Gasteiger partial charge in [-0.3, -0.25) is 4.79 Å². The number of rotatable bonds is 3. The van der Waals surface area contributed by atoms with Crippen LogP contribution in [0.15, 0.2) is 5.11 Å². The van der Waals surface area contributed by atoms with Gasteiger partial charge in [0.2, 0.25) is 5.91 Å². The Bertz CT molecular complexity index is 419. The van der Waals surface area contributed by atoms with Crippen LogP contribution in [0.25, 0.3) is 10.4 Å². The van der Waals surface area contributed by atoms with Gasteiger partial charge in [0.1, 0.15) is 0 Å². The second-order valence-corrected chi connectivity index (χ2v) is 6.56. The fraction of sp³-hybridized carbons (Fsp3) is 0.929. The summed E-state index contributed by atoms with van der Waals surface area (Å²) < 4.78 is 0. The second kappa shape index (κ2) is 5.62. The van der Waals surface area contributed by atoms with E-state index in [0.717, 1.165) is 19.4 Å². The zero-order valence-corrected chi connectivity index (χ0v) is 12.1. The molecule has 0 aromatic rings. The first-order valence-corrected chi connectivity index (χ1v) is 7.71. The standard InChI is InChI=1S/C14H23N5O/c1-18-11-3-2-4-12(18)7-13(6-11)19-9-10(5-14(19)20)8-16-17-15/h10-13H,2-9H2,1H3/t10?,11-,12+,13?. The fourth-order valence-electron chi connectivity index (χ4n) is 4.28. The minimum Gasteiger partial charge on any atom is -0.339 e. The van der Waals surface area contributed by atoms with Crippen molar-refractivity contribution in [1.82, 2.24) is 9.80 Å². The molecule has 2 bridgehead atoms. The van der Waals surface area contributed by atoms with Crippen LogP contribution in [0.4, 0.5) is 0 Å². The minimum absolute atomic E-state index is 0.220. The van der Waals surface area contributed by atoms with Crippen LogP contribution in [0.3, 0.4) is 0 Å². The molecule has 0 aromatic carbocycles. The molecule has 0 N–H and O–H groups in total. The summed E-state index contributed by atoms with van der Waals surface area (Å²) in [7, 11) is 2.24.